The van der Waals surface area contributed by atoms with E-state index in [1.165, 1.54) is 0 Å². The van der Waals surface area contributed by atoms with Gasteiger partial charge >= 0.3 is 148 Å². The number of rotatable bonds is 10. The topological polar surface area (TPSA) is 497 Å². The number of phenols is 4. The van der Waals surface area contributed by atoms with Crippen LogP contribution in [0.1, 0.15) is 0 Å². The van der Waals surface area contributed by atoms with Crippen LogP contribution in [-0.2, 0) is 57.8 Å². The molecule has 6 rings (SSSR count). The smallest absolute Gasteiger partial charge is 0.744 e. The van der Waals surface area contributed by atoms with Gasteiger partial charge in [0.1, 0.15) is 74.7 Å². The van der Waals surface area contributed by atoms with Crippen molar-refractivity contribution in [2.45, 2.75) is 19.6 Å². The summed E-state index contributed by atoms with van der Waals surface area (Å²) in [5, 5.41) is 73.8. The minimum atomic E-state index is -5.41. The summed E-state index contributed by atoms with van der Waals surface area (Å²) in [5.74, 6) is -3.61. The Labute approximate surface area is 514 Å². The van der Waals surface area contributed by atoms with Crippen LogP contribution in [0, 0.1) is 20.2 Å². The SMILES string of the molecule is Nc1ccc(S(=O)(=O)[O-])c2cc(S(=O)(=O)[O-])c(N=Nc3ccc([N+](=O)[O-])cc3O)c(O)c12.Nc1ccc(S(=O)(=O)[O-])c2cc(S(=O)(=O)[O-])c(N=Nc3ccc([N+](=O)[O-])cc3O)c(O)c12.[Cr].[Na+].[Na+].[Na+].[Na+].[Na+]. The number of nitro groups is 2. The van der Waals surface area contributed by atoms with E-state index in [0.717, 1.165) is 60.7 Å². The number of nitrogens with zero attached hydrogens (tertiary/aromatic N) is 6. The molecule has 0 heterocycles. The molecule has 342 valence electrons. The van der Waals surface area contributed by atoms with Crippen LogP contribution in [0.25, 0.3) is 21.5 Å². The molecule has 0 bridgehead atoms. The molecular weight excluding hydrogens is 1110 g/mol. The Morgan fingerprint density at radius 2 is 0.729 bits per heavy atom. The number of nitrogen functional groups attached to an aromatic ring is 2. The predicted molar refractivity (Wildman–Crippen MR) is 210 cm³/mol. The zero-order valence-corrected chi connectivity index (χ0v) is 50.7. The van der Waals surface area contributed by atoms with Gasteiger partial charge in [-0.2, -0.15) is 0 Å². The zero-order valence-electron chi connectivity index (χ0n) is 36.1. The van der Waals surface area contributed by atoms with E-state index < -0.39 is 149 Å². The van der Waals surface area contributed by atoms with E-state index >= 15 is 0 Å². The summed E-state index contributed by atoms with van der Waals surface area (Å²) < 4.78 is 140. The van der Waals surface area contributed by atoms with Gasteiger partial charge in [0.2, 0.25) is 0 Å². The van der Waals surface area contributed by atoms with Crippen molar-refractivity contribution in [3.63, 3.8) is 0 Å². The average Bonchev–Trinajstić information content (AvgIpc) is 3.16. The number of aromatic hydroxyl groups is 4. The maximum atomic E-state index is 11.7. The molecule has 0 aliphatic heterocycles. The molecule has 0 radical (unpaired) electrons. The molecule has 0 fully saturated rings. The Bertz CT molecular complexity index is 3330. The third-order valence-electron chi connectivity index (χ3n) is 8.35. The number of phenolic OH excluding ortho intramolecular Hbond substituents is 4. The van der Waals surface area contributed by atoms with E-state index in [-0.39, 0.29) is 177 Å². The Kier molecular flexibility index (Phi) is 26.8. The molecule has 0 atom stereocenters. The molecule has 0 saturated carbocycles. The molecule has 0 spiro atoms. The van der Waals surface area contributed by atoms with Gasteiger partial charge in [0.05, 0.1) is 52.3 Å². The van der Waals surface area contributed by atoms with Gasteiger partial charge in [-0.05, 0) is 48.5 Å². The number of hydrogen-bond acceptors (Lipinski definition) is 26. The van der Waals surface area contributed by atoms with Crippen molar-refractivity contribution in [3.05, 3.63) is 93.0 Å². The van der Waals surface area contributed by atoms with Crippen LogP contribution < -0.4 is 159 Å². The molecule has 0 aromatic heterocycles. The maximum Gasteiger partial charge on any atom is 1.00 e. The minimum Gasteiger partial charge on any atom is -0.744 e. The number of azo groups is 2. The van der Waals surface area contributed by atoms with E-state index in [4.69, 9.17) is 11.5 Å². The van der Waals surface area contributed by atoms with Crippen molar-refractivity contribution in [2.24, 2.45) is 20.5 Å². The van der Waals surface area contributed by atoms with Crippen molar-refractivity contribution >= 4 is 108 Å². The van der Waals surface area contributed by atoms with Gasteiger partial charge in [-0.1, -0.05) is 0 Å². The normalized spacial score (nSPS) is 11.4. The van der Waals surface area contributed by atoms with Gasteiger partial charge < -0.3 is 50.1 Å². The van der Waals surface area contributed by atoms with Crippen molar-refractivity contribution in [1.82, 2.24) is 0 Å². The van der Waals surface area contributed by atoms with E-state index in [1.807, 2.05) is 0 Å². The fourth-order valence-electron chi connectivity index (χ4n) is 5.56. The standard InChI is InChI=1S/2C16H12N4O10S2.Cr.5Na/c2*17-9-2-4-12(31(25,26)27)8-6-13(32(28,29)30)15(16(22)14(8)9)19-18-10-3-1-7(20(23)24)5-11(10)21;;;;;;/h2*1-6,21-22H,17H2,(H,25,26,27)(H,28,29,30);;;;;;/q;;;5*+1/p-4. The predicted octanol–water partition coefficient (Wildman–Crippen LogP) is -11.1. The van der Waals surface area contributed by atoms with Gasteiger partial charge in [0, 0.05) is 51.6 Å². The van der Waals surface area contributed by atoms with Gasteiger partial charge in [0.15, 0.2) is 11.5 Å². The first-order valence-electron chi connectivity index (χ1n) is 16.2. The molecule has 28 nitrogen and oxygen atoms in total. The molecule has 8 N–H and O–H groups in total. The van der Waals surface area contributed by atoms with Crippen LogP contribution in [0.2, 0.25) is 0 Å². The second-order valence-corrected chi connectivity index (χ2v) is 17.8. The molecule has 0 amide bonds. The van der Waals surface area contributed by atoms with Gasteiger partial charge in [0.25, 0.3) is 11.4 Å². The molecule has 38 heteroatoms. The molecule has 70 heavy (non-hydrogen) atoms. The third-order valence-corrected chi connectivity index (χ3v) is 11.8. The monoisotopic (exact) mass is 1130 g/mol. The van der Waals surface area contributed by atoms with Crippen LogP contribution in [0.3, 0.4) is 0 Å². The Morgan fingerprint density at radius 3 is 0.971 bits per heavy atom. The molecule has 6 aromatic rings. The Hall–Kier alpha value is -2.19. The molecule has 0 aliphatic carbocycles. The number of anilines is 2. The number of non-ortho nitro benzene ring substituents is 2. The van der Waals surface area contributed by atoms with E-state index in [0.29, 0.717) is 12.1 Å². The molecule has 6 aromatic carbocycles. The summed E-state index contributed by atoms with van der Waals surface area (Å²) in [5.41, 5.74) is 7.17. The fraction of sp³-hybridized carbons (Fsp3) is 0. The molecule has 0 aliphatic rings. The van der Waals surface area contributed by atoms with Gasteiger partial charge in [-0.25, -0.2) is 33.7 Å². The Balaban J connectivity index is 0. The maximum absolute atomic E-state index is 11.7. The number of nitrogens with two attached hydrogens (primary N) is 2. The van der Waals surface area contributed by atoms with E-state index in [9.17, 15) is 92.5 Å². The number of nitro benzene ring substituents is 2. The number of hydrogen-bond donors (Lipinski definition) is 6. The summed E-state index contributed by atoms with van der Waals surface area (Å²) in [4.78, 5) is 15.5. The summed E-state index contributed by atoms with van der Waals surface area (Å²) in [6, 6.07) is 9.73. The van der Waals surface area contributed by atoms with Gasteiger partial charge in [-0.3, -0.25) is 20.2 Å². The summed E-state index contributed by atoms with van der Waals surface area (Å²) in [6.07, 6.45) is 0. The van der Waals surface area contributed by atoms with Crippen LogP contribution >= 0.6 is 0 Å². The summed E-state index contributed by atoms with van der Waals surface area (Å²) in [6.45, 7) is 0. The molecular formula is C32H20CrN8Na5O20S4+. The zero-order chi connectivity index (χ0) is 48.0. The van der Waals surface area contributed by atoms with Crippen molar-refractivity contribution < 1.29 is 247 Å². The van der Waals surface area contributed by atoms with Gasteiger partial charge in [-0.15, -0.1) is 20.5 Å². The minimum absolute atomic E-state index is 0. The number of fused-ring (bicyclic) bond motifs is 2. The average molecular weight is 1130 g/mol. The van der Waals surface area contributed by atoms with Crippen LogP contribution in [-0.4, -0.2) is 82.2 Å². The summed E-state index contributed by atoms with van der Waals surface area (Å²) in [7, 11) is -21.1. The van der Waals surface area contributed by atoms with E-state index in [2.05, 4.69) is 20.5 Å². The summed E-state index contributed by atoms with van der Waals surface area (Å²) >= 11 is 0. The Morgan fingerprint density at radius 1 is 0.443 bits per heavy atom. The quantitative estimate of drug-likeness (QED) is 0.0185. The second kappa shape index (κ2) is 26.9. The van der Waals surface area contributed by atoms with Crippen LogP contribution in [0.15, 0.2) is 113 Å². The number of benzene rings is 6. The van der Waals surface area contributed by atoms with Crippen molar-refractivity contribution in [1.29, 1.82) is 0 Å². The third kappa shape index (κ3) is 15.9. The van der Waals surface area contributed by atoms with Crippen LogP contribution in [0.5, 0.6) is 23.0 Å². The van der Waals surface area contributed by atoms with Crippen molar-refractivity contribution in [2.75, 3.05) is 11.5 Å². The van der Waals surface area contributed by atoms with Crippen LogP contribution in [0.4, 0.5) is 45.5 Å². The van der Waals surface area contributed by atoms with E-state index in [1.54, 1.807) is 0 Å². The largest absolute Gasteiger partial charge is 1.00 e. The van der Waals surface area contributed by atoms with Crippen molar-refractivity contribution in [3.8, 4) is 23.0 Å². The second-order valence-electron chi connectivity index (χ2n) is 12.4. The fourth-order valence-corrected chi connectivity index (χ4v) is 8.16. The first-order valence-corrected chi connectivity index (χ1v) is 21.8. The first kappa shape index (κ1) is 69.9. The molecule has 0 unspecified atom stereocenters. The first-order chi connectivity index (χ1) is 29.4. The molecule has 0 saturated heterocycles.